The smallest absolute Gasteiger partial charge is 0.225 e. The lowest BCUT2D eigenvalue weighted by molar-refractivity contribution is 0.574. The summed E-state index contributed by atoms with van der Waals surface area (Å²) < 4.78 is 11.1. The number of oxazole rings is 2. The second-order valence-corrected chi connectivity index (χ2v) is 11.4. The molecule has 0 saturated carbocycles. The predicted molar refractivity (Wildman–Crippen MR) is 186 cm³/mol. The van der Waals surface area contributed by atoms with Crippen LogP contribution < -0.4 is 0 Å². The zero-order valence-corrected chi connectivity index (χ0v) is 24.7. The third-order valence-corrected chi connectivity index (χ3v) is 8.83. The van der Waals surface area contributed by atoms with E-state index >= 15 is 0 Å². The third-order valence-electron chi connectivity index (χ3n) is 8.83. The number of aromatic nitrogens is 2. The van der Waals surface area contributed by atoms with Crippen molar-refractivity contribution >= 4 is 32.3 Å². The molecule has 9 aromatic rings. The first-order chi connectivity index (χ1) is 22.8. The molecule has 4 heteroatoms. The molecule has 0 bridgehead atoms. The van der Waals surface area contributed by atoms with E-state index in [0.717, 1.165) is 22.3 Å². The standard InChI is InChI=1S/C42H26N2O2/c1-2-8-33-27(6-1)7-5-11-34(33)32-20-21-37-38(26-32)40(29-14-18-31(19-15-29)42-44-23-25-46-42)36-10-4-3-9-35(36)39(37)28-12-16-30(17-13-28)41-43-22-24-45-41/h1-26H. The molecule has 9 rings (SSSR count). The highest BCUT2D eigenvalue weighted by Gasteiger charge is 2.18. The Morgan fingerprint density at radius 1 is 0.370 bits per heavy atom. The molecule has 2 heterocycles. The van der Waals surface area contributed by atoms with Crippen LogP contribution in [0, 0.1) is 0 Å². The molecule has 216 valence electrons. The SMILES string of the molecule is c1ccc2c(-c3ccc4c(-c5ccc(-c6ncco6)cc5)c5ccccc5c(-c5ccc(-c6ncco6)cc5)c4c3)cccc2c1. The Balaban J connectivity index is 1.33. The summed E-state index contributed by atoms with van der Waals surface area (Å²) >= 11 is 0. The number of benzene rings is 7. The Labute approximate surface area is 265 Å². The van der Waals surface area contributed by atoms with Crippen molar-refractivity contribution in [3.8, 4) is 56.3 Å². The number of rotatable bonds is 5. The van der Waals surface area contributed by atoms with Gasteiger partial charge in [-0.1, -0.05) is 103 Å². The highest BCUT2D eigenvalue weighted by molar-refractivity contribution is 6.22. The summed E-state index contributed by atoms with van der Waals surface area (Å²) in [6, 6.07) is 47.8. The van der Waals surface area contributed by atoms with E-state index in [2.05, 4.69) is 143 Å². The summed E-state index contributed by atoms with van der Waals surface area (Å²) in [5, 5.41) is 7.25. The second kappa shape index (κ2) is 10.7. The largest absolute Gasteiger partial charge is 0.445 e. The highest BCUT2D eigenvalue weighted by Crippen LogP contribution is 2.45. The molecule has 0 fully saturated rings. The Morgan fingerprint density at radius 3 is 1.43 bits per heavy atom. The van der Waals surface area contributed by atoms with Crippen LogP contribution in [0.3, 0.4) is 0 Å². The molecule has 4 nitrogen and oxygen atoms in total. The fourth-order valence-corrected chi connectivity index (χ4v) is 6.74. The second-order valence-electron chi connectivity index (χ2n) is 11.4. The molecule has 0 aliphatic carbocycles. The van der Waals surface area contributed by atoms with Gasteiger partial charge in [0.25, 0.3) is 0 Å². The van der Waals surface area contributed by atoms with Crippen molar-refractivity contribution < 1.29 is 8.83 Å². The molecule has 0 radical (unpaired) electrons. The van der Waals surface area contributed by atoms with Crippen LogP contribution in [0.1, 0.15) is 0 Å². The molecule has 46 heavy (non-hydrogen) atoms. The maximum atomic E-state index is 5.58. The first kappa shape index (κ1) is 26.2. The minimum absolute atomic E-state index is 0.614. The first-order valence-electron chi connectivity index (χ1n) is 15.3. The minimum atomic E-state index is 0.614. The maximum Gasteiger partial charge on any atom is 0.225 e. The number of fused-ring (bicyclic) bond motifs is 3. The van der Waals surface area contributed by atoms with Crippen molar-refractivity contribution in [3.63, 3.8) is 0 Å². The summed E-state index contributed by atoms with van der Waals surface area (Å²) in [6.45, 7) is 0. The summed E-state index contributed by atoms with van der Waals surface area (Å²) in [4.78, 5) is 8.69. The van der Waals surface area contributed by atoms with Crippen molar-refractivity contribution in [3.05, 3.63) is 158 Å². The minimum Gasteiger partial charge on any atom is -0.445 e. The van der Waals surface area contributed by atoms with Crippen LogP contribution in [-0.4, -0.2) is 9.97 Å². The van der Waals surface area contributed by atoms with Gasteiger partial charge >= 0.3 is 0 Å². The summed E-state index contributed by atoms with van der Waals surface area (Å²) in [6.07, 6.45) is 6.56. The molecule has 0 unspecified atom stereocenters. The average Bonchev–Trinajstić information content (AvgIpc) is 3.87. The zero-order valence-electron chi connectivity index (χ0n) is 24.7. The monoisotopic (exact) mass is 590 g/mol. The molecule has 0 aliphatic heterocycles. The van der Waals surface area contributed by atoms with Gasteiger partial charge in [0.15, 0.2) is 0 Å². The van der Waals surface area contributed by atoms with Crippen molar-refractivity contribution in [1.82, 2.24) is 9.97 Å². The lowest BCUT2D eigenvalue weighted by Crippen LogP contribution is -1.92. The normalized spacial score (nSPS) is 11.5. The first-order valence-corrected chi connectivity index (χ1v) is 15.3. The number of hydrogen-bond acceptors (Lipinski definition) is 4. The average molecular weight is 591 g/mol. The van der Waals surface area contributed by atoms with E-state index in [4.69, 9.17) is 8.83 Å². The molecule has 0 amide bonds. The van der Waals surface area contributed by atoms with Gasteiger partial charge in [-0.3, -0.25) is 0 Å². The van der Waals surface area contributed by atoms with Crippen LogP contribution in [0.4, 0.5) is 0 Å². The Bertz CT molecular complexity index is 2490. The predicted octanol–water partition coefficient (Wildman–Crippen LogP) is 11.5. The van der Waals surface area contributed by atoms with Gasteiger partial charge in [-0.25, -0.2) is 9.97 Å². The molecule has 0 saturated heterocycles. The zero-order chi connectivity index (χ0) is 30.5. The van der Waals surface area contributed by atoms with Crippen LogP contribution in [0.5, 0.6) is 0 Å². The van der Waals surface area contributed by atoms with Gasteiger partial charge in [0, 0.05) is 11.1 Å². The van der Waals surface area contributed by atoms with Gasteiger partial charge in [0.05, 0.1) is 12.4 Å². The van der Waals surface area contributed by atoms with E-state index in [1.54, 1.807) is 24.9 Å². The summed E-state index contributed by atoms with van der Waals surface area (Å²) in [5.74, 6) is 1.23. The molecule has 0 atom stereocenters. The summed E-state index contributed by atoms with van der Waals surface area (Å²) in [5.41, 5.74) is 8.97. The fourth-order valence-electron chi connectivity index (χ4n) is 6.74. The lowest BCUT2D eigenvalue weighted by atomic mass is 9.84. The van der Waals surface area contributed by atoms with Gasteiger partial charge in [-0.15, -0.1) is 0 Å². The van der Waals surface area contributed by atoms with E-state index < -0.39 is 0 Å². The Morgan fingerprint density at radius 2 is 0.848 bits per heavy atom. The van der Waals surface area contributed by atoms with E-state index in [9.17, 15) is 0 Å². The fraction of sp³-hybridized carbons (Fsp3) is 0. The van der Waals surface area contributed by atoms with Crippen molar-refractivity contribution in [1.29, 1.82) is 0 Å². The molecule has 7 aromatic carbocycles. The molecule has 0 N–H and O–H groups in total. The molecular formula is C42H26N2O2. The van der Waals surface area contributed by atoms with Crippen molar-refractivity contribution in [2.45, 2.75) is 0 Å². The van der Waals surface area contributed by atoms with Gasteiger partial charge in [-0.05, 0) is 96.0 Å². The Hall–Kier alpha value is -6.26. The van der Waals surface area contributed by atoms with Crippen LogP contribution >= 0.6 is 0 Å². The number of nitrogens with zero attached hydrogens (tertiary/aromatic N) is 2. The molecular weight excluding hydrogens is 564 g/mol. The molecule has 2 aromatic heterocycles. The van der Waals surface area contributed by atoms with E-state index in [0.29, 0.717) is 11.8 Å². The lowest BCUT2D eigenvalue weighted by Gasteiger charge is -2.19. The van der Waals surface area contributed by atoms with Crippen LogP contribution in [0.2, 0.25) is 0 Å². The van der Waals surface area contributed by atoms with Gasteiger partial charge in [0.1, 0.15) is 12.5 Å². The van der Waals surface area contributed by atoms with E-state index in [1.807, 2.05) is 0 Å². The van der Waals surface area contributed by atoms with E-state index in [-0.39, 0.29) is 0 Å². The quantitative estimate of drug-likeness (QED) is 0.187. The topological polar surface area (TPSA) is 52.1 Å². The molecule has 0 spiro atoms. The maximum absolute atomic E-state index is 5.58. The number of hydrogen-bond donors (Lipinski definition) is 0. The van der Waals surface area contributed by atoms with Gasteiger partial charge in [0.2, 0.25) is 11.8 Å². The van der Waals surface area contributed by atoms with Crippen molar-refractivity contribution in [2.24, 2.45) is 0 Å². The third kappa shape index (κ3) is 4.31. The van der Waals surface area contributed by atoms with Gasteiger partial charge < -0.3 is 8.83 Å². The molecule has 0 aliphatic rings. The highest BCUT2D eigenvalue weighted by atomic mass is 16.3. The summed E-state index contributed by atoms with van der Waals surface area (Å²) in [7, 11) is 0. The van der Waals surface area contributed by atoms with Crippen LogP contribution in [-0.2, 0) is 0 Å². The van der Waals surface area contributed by atoms with E-state index in [1.165, 1.54) is 54.6 Å². The van der Waals surface area contributed by atoms with Gasteiger partial charge in [-0.2, -0.15) is 0 Å². The van der Waals surface area contributed by atoms with Crippen molar-refractivity contribution in [2.75, 3.05) is 0 Å². The van der Waals surface area contributed by atoms with Crippen LogP contribution in [0.15, 0.2) is 167 Å². The Kier molecular flexibility index (Phi) is 6.10. The van der Waals surface area contributed by atoms with Crippen LogP contribution in [0.25, 0.3) is 88.6 Å².